The Morgan fingerprint density at radius 3 is 2.60 bits per heavy atom. The number of amides is 3. The lowest BCUT2D eigenvalue weighted by atomic mass is 10.3. The van der Waals surface area contributed by atoms with Crippen LogP contribution in [0.3, 0.4) is 0 Å². The Balaban J connectivity index is 1.46. The number of benzene rings is 2. The van der Waals surface area contributed by atoms with Gasteiger partial charge in [-0.15, -0.1) is 11.8 Å². The molecule has 7 nitrogen and oxygen atoms in total. The number of para-hydroxylation sites is 1. The van der Waals surface area contributed by atoms with Gasteiger partial charge in [-0.2, -0.15) is 0 Å². The smallest absolute Gasteiger partial charge is 0.316 e. The van der Waals surface area contributed by atoms with E-state index in [0.717, 1.165) is 16.7 Å². The summed E-state index contributed by atoms with van der Waals surface area (Å²) in [4.78, 5) is 49.7. The lowest BCUT2D eigenvalue weighted by Gasteiger charge is -2.14. The molecule has 30 heavy (non-hydrogen) atoms. The maximum absolute atomic E-state index is 12.5. The summed E-state index contributed by atoms with van der Waals surface area (Å²) in [7, 11) is 0. The van der Waals surface area contributed by atoms with Crippen molar-refractivity contribution in [2.24, 2.45) is 0 Å². The Morgan fingerprint density at radius 1 is 1.13 bits per heavy atom. The van der Waals surface area contributed by atoms with Crippen molar-refractivity contribution < 1.29 is 23.9 Å². The van der Waals surface area contributed by atoms with Gasteiger partial charge in [-0.3, -0.25) is 19.2 Å². The van der Waals surface area contributed by atoms with E-state index in [4.69, 9.17) is 27.9 Å². The molecule has 0 saturated carbocycles. The number of thioether (sulfide) groups is 1. The zero-order valence-electron chi connectivity index (χ0n) is 15.5. The molecule has 1 N–H and O–H groups in total. The molecule has 1 atom stereocenters. The molecule has 2 aromatic rings. The number of imide groups is 1. The average molecular weight is 467 g/mol. The molecule has 156 valence electrons. The van der Waals surface area contributed by atoms with Crippen molar-refractivity contribution >= 4 is 70.0 Å². The fourth-order valence-electron chi connectivity index (χ4n) is 2.72. The van der Waals surface area contributed by atoms with Crippen LogP contribution < -0.4 is 10.2 Å². The summed E-state index contributed by atoms with van der Waals surface area (Å²) in [5, 5.41) is 2.50. The van der Waals surface area contributed by atoms with E-state index in [1.165, 1.54) is 12.1 Å². The van der Waals surface area contributed by atoms with Gasteiger partial charge in [0.1, 0.15) is 0 Å². The van der Waals surface area contributed by atoms with E-state index in [9.17, 15) is 19.2 Å². The van der Waals surface area contributed by atoms with E-state index < -0.39 is 23.7 Å². The predicted octanol–water partition coefficient (Wildman–Crippen LogP) is 3.54. The van der Waals surface area contributed by atoms with Crippen LogP contribution in [0, 0.1) is 0 Å². The van der Waals surface area contributed by atoms with Crippen LogP contribution in [0.2, 0.25) is 10.0 Å². The van der Waals surface area contributed by atoms with Gasteiger partial charge in [0.05, 0.1) is 27.4 Å². The van der Waals surface area contributed by atoms with Crippen molar-refractivity contribution in [2.45, 2.75) is 11.7 Å². The molecule has 0 bridgehead atoms. The summed E-state index contributed by atoms with van der Waals surface area (Å²) in [5.74, 6) is -2.13. The maximum atomic E-state index is 12.5. The highest BCUT2D eigenvalue weighted by molar-refractivity contribution is 8.01. The first-order valence-corrected chi connectivity index (χ1v) is 10.6. The number of nitrogens with one attached hydrogen (secondary N) is 1. The molecule has 3 rings (SSSR count). The Hall–Kier alpha value is -2.55. The van der Waals surface area contributed by atoms with Gasteiger partial charge in [0, 0.05) is 11.4 Å². The Bertz CT molecular complexity index is 986. The number of nitrogens with zero attached hydrogens (tertiary/aromatic N) is 1. The highest BCUT2D eigenvalue weighted by atomic mass is 35.5. The van der Waals surface area contributed by atoms with Gasteiger partial charge < -0.3 is 10.1 Å². The first-order valence-electron chi connectivity index (χ1n) is 8.79. The lowest BCUT2D eigenvalue weighted by molar-refractivity contribution is -0.144. The number of carbonyl (C=O) groups is 4. The first-order chi connectivity index (χ1) is 14.3. The van der Waals surface area contributed by atoms with E-state index in [1.807, 2.05) is 0 Å². The van der Waals surface area contributed by atoms with Crippen LogP contribution in [0.5, 0.6) is 0 Å². The standard InChI is InChI=1S/C20H16Cl2N2O5S/c21-12-6-7-14(22)15(8-12)23-17(25)10-29-19(27)11-30-16-9-18(26)24(20(16)28)13-4-2-1-3-5-13/h1-8,16H,9-11H2,(H,23,25)/t16-/m1/s1. The largest absolute Gasteiger partial charge is 0.455 e. The lowest BCUT2D eigenvalue weighted by Crippen LogP contribution is -2.31. The third-order valence-electron chi connectivity index (χ3n) is 4.09. The van der Waals surface area contributed by atoms with Gasteiger partial charge in [-0.1, -0.05) is 41.4 Å². The predicted molar refractivity (Wildman–Crippen MR) is 116 cm³/mol. The van der Waals surface area contributed by atoms with Gasteiger partial charge >= 0.3 is 5.97 Å². The van der Waals surface area contributed by atoms with Crippen LogP contribution in [0.4, 0.5) is 11.4 Å². The van der Waals surface area contributed by atoms with Crippen molar-refractivity contribution in [3.05, 3.63) is 58.6 Å². The van der Waals surface area contributed by atoms with Gasteiger partial charge in [0.25, 0.3) is 5.91 Å². The second-order valence-electron chi connectivity index (χ2n) is 6.24. The topological polar surface area (TPSA) is 92.8 Å². The first kappa shape index (κ1) is 22.1. The van der Waals surface area contributed by atoms with Crippen LogP contribution in [-0.4, -0.2) is 41.3 Å². The summed E-state index contributed by atoms with van der Waals surface area (Å²) in [5.41, 5.74) is 0.796. The van der Waals surface area contributed by atoms with E-state index in [0.29, 0.717) is 21.4 Å². The molecule has 1 aliphatic heterocycles. The molecule has 0 aliphatic carbocycles. The number of rotatable bonds is 7. The third-order valence-corrected chi connectivity index (χ3v) is 5.83. The number of anilines is 2. The maximum Gasteiger partial charge on any atom is 0.316 e. The van der Waals surface area contributed by atoms with Crippen molar-refractivity contribution in [1.29, 1.82) is 0 Å². The Morgan fingerprint density at radius 2 is 1.87 bits per heavy atom. The van der Waals surface area contributed by atoms with Gasteiger partial charge in [-0.05, 0) is 30.3 Å². The van der Waals surface area contributed by atoms with E-state index >= 15 is 0 Å². The summed E-state index contributed by atoms with van der Waals surface area (Å²) in [6, 6.07) is 13.2. The van der Waals surface area contributed by atoms with Crippen LogP contribution in [0.25, 0.3) is 0 Å². The Labute approximate surface area is 186 Å². The van der Waals surface area contributed by atoms with Gasteiger partial charge in [-0.25, -0.2) is 4.90 Å². The molecule has 3 amide bonds. The monoisotopic (exact) mass is 466 g/mol. The molecule has 2 aromatic carbocycles. The van der Waals surface area contributed by atoms with Crippen molar-refractivity contribution in [1.82, 2.24) is 0 Å². The number of esters is 1. The molecule has 0 aromatic heterocycles. The minimum atomic E-state index is -0.677. The third kappa shape index (κ3) is 5.53. The van der Waals surface area contributed by atoms with Crippen LogP contribution in [-0.2, 0) is 23.9 Å². The second kappa shape index (κ2) is 9.97. The number of carbonyl (C=O) groups excluding carboxylic acids is 4. The average Bonchev–Trinajstić information content (AvgIpc) is 3.01. The van der Waals surface area contributed by atoms with Crippen molar-refractivity contribution in [3.63, 3.8) is 0 Å². The fraction of sp³-hybridized carbons (Fsp3) is 0.200. The molecule has 1 aliphatic rings. The van der Waals surface area contributed by atoms with Crippen molar-refractivity contribution in [2.75, 3.05) is 22.6 Å². The van der Waals surface area contributed by atoms with E-state index in [-0.39, 0.29) is 24.0 Å². The summed E-state index contributed by atoms with van der Waals surface area (Å²) in [6.07, 6.45) is -0.000569. The molecule has 10 heteroatoms. The summed E-state index contributed by atoms with van der Waals surface area (Å²) in [6.45, 7) is -0.518. The summed E-state index contributed by atoms with van der Waals surface area (Å²) >= 11 is 12.8. The second-order valence-corrected chi connectivity index (χ2v) is 8.27. The number of hydrogen-bond donors (Lipinski definition) is 1. The van der Waals surface area contributed by atoms with Crippen LogP contribution in [0.1, 0.15) is 6.42 Å². The van der Waals surface area contributed by atoms with Gasteiger partial charge in [0.2, 0.25) is 11.8 Å². The fourth-order valence-corrected chi connectivity index (χ4v) is 3.98. The minimum absolute atomic E-state index is 0.000569. The Kier molecular flexibility index (Phi) is 7.36. The van der Waals surface area contributed by atoms with Crippen molar-refractivity contribution in [3.8, 4) is 0 Å². The number of halogens is 2. The number of ether oxygens (including phenoxy) is 1. The zero-order chi connectivity index (χ0) is 21.7. The molecule has 1 heterocycles. The molecule has 0 spiro atoms. The normalized spacial score (nSPS) is 15.9. The SMILES string of the molecule is O=C(COC(=O)CS[C@@H]1CC(=O)N(c2ccccc2)C1=O)Nc1cc(Cl)ccc1Cl. The molecular weight excluding hydrogens is 451 g/mol. The quantitative estimate of drug-likeness (QED) is 0.495. The highest BCUT2D eigenvalue weighted by Gasteiger charge is 2.40. The van der Waals surface area contributed by atoms with Crippen LogP contribution in [0.15, 0.2) is 48.5 Å². The van der Waals surface area contributed by atoms with Crippen LogP contribution >= 0.6 is 35.0 Å². The van der Waals surface area contributed by atoms with E-state index in [2.05, 4.69) is 5.32 Å². The molecule has 1 saturated heterocycles. The minimum Gasteiger partial charge on any atom is -0.455 e. The molecular formula is C20H16Cl2N2O5S. The molecule has 0 radical (unpaired) electrons. The summed E-state index contributed by atoms with van der Waals surface area (Å²) < 4.78 is 4.92. The molecule has 0 unspecified atom stereocenters. The zero-order valence-corrected chi connectivity index (χ0v) is 17.8. The number of hydrogen-bond acceptors (Lipinski definition) is 6. The molecule has 1 fully saturated rings. The van der Waals surface area contributed by atoms with E-state index in [1.54, 1.807) is 36.4 Å². The van der Waals surface area contributed by atoms with Gasteiger partial charge in [0.15, 0.2) is 6.61 Å². The highest BCUT2D eigenvalue weighted by Crippen LogP contribution is 2.29.